The summed E-state index contributed by atoms with van der Waals surface area (Å²) >= 11 is 0. The molecule has 2 heterocycles. The van der Waals surface area contributed by atoms with Crippen LogP contribution in [0.25, 0.3) is 0 Å². The fourth-order valence-corrected chi connectivity index (χ4v) is 2.53. The van der Waals surface area contributed by atoms with Crippen LogP contribution in [0.3, 0.4) is 0 Å². The van der Waals surface area contributed by atoms with Crippen molar-refractivity contribution in [2.45, 2.75) is 12.8 Å². The van der Waals surface area contributed by atoms with Crippen molar-refractivity contribution in [3.05, 3.63) is 35.6 Å². The number of nitrogens with zero attached hydrogens (tertiary/aromatic N) is 2. The molecule has 3 rings (SSSR count). The van der Waals surface area contributed by atoms with Crippen LogP contribution >= 0.6 is 0 Å². The lowest BCUT2D eigenvalue weighted by atomic mass is 9.93. The van der Waals surface area contributed by atoms with Gasteiger partial charge in [-0.05, 0) is 38.1 Å². The first kappa shape index (κ1) is 11.5. The highest BCUT2D eigenvalue weighted by molar-refractivity contribution is 6.12. The van der Waals surface area contributed by atoms with Crippen molar-refractivity contribution in [1.82, 2.24) is 5.32 Å². The van der Waals surface area contributed by atoms with Crippen molar-refractivity contribution in [2.24, 2.45) is 15.9 Å². The maximum absolute atomic E-state index is 13.7. The summed E-state index contributed by atoms with van der Waals surface area (Å²) in [5.74, 6) is 0.826. The predicted molar refractivity (Wildman–Crippen MR) is 70.8 cm³/mol. The number of benzene rings is 1. The van der Waals surface area contributed by atoms with E-state index < -0.39 is 0 Å². The summed E-state index contributed by atoms with van der Waals surface area (Å²) in [6.07, 6.45) is 2.22. The fraction of sp³-hybridized carbons (Fsp3) is 0.429. The lowest BCUT2D eigenvalue weighted by Gasteiger charge is -2.22. The second kappa shape index (κ2) is 4.98. The molecule has 0 atom stereocenters. The molecule has 0 aromatic heterocycles. The molecule has 0 spiro atoms. The maximum Gasteiger partial charge on any atom is 0.157 e. The second-order valence-corrected chi connectivity index (χ2v) is 4.75. The van der Waals surface area contributed by atoms with Gasteiger partial charge in [-0.25, -0.2) is 9.38 Å². The Labute approximate surface area is 106 Å². The molecule has 18 heavy (non-hydrogen) atoms. The predicted octanol–water partition coefficient (Wildman–Crippen LogP) is 2.03. The van der Waals surface area contributed by atoms with Crippen LogP contribution in [-0.4, -0.2) is 31.2 Å². The van der Waals surface area contributed by atoms with Crippen LogP contribution in [0.15, 0.2) is 34.3 Å². The van der Waals surface area contributed by atoms with Crippen LogP contribution in [0, 0.1) is 11.7 Å². The Bertz CT molecular complexity index is 502. The van der Waals surface area contributed by atoms with E-state index >= 15 is 0 Å². The molecule has 1 N–H and O–H groups in total. The lowest BCUT2D eigenvalue weighted by Crippen LogP contribution is -2.32. The van der Waals surface area contributed by atoms with E-state index in [4.69, 9.17) is 0 Å². The van der Waals surface area contributed by atoms with Crippen LogP contribution < -0.4 is 5.32 Å². The first-order valence-electron chi connectivity index (χ1n) is 6.42. The van der Waals surface area contributed by atoms with Gasteiger partial charge in [-0.3, -0.25) is 4.99 Å². The molecule has 1 aromatic carbocycles. The Morgan fingerprint density at radius 3 is 2.72 bits per heavy atom. The second-order valence-electron chi connectivity index (χ2n) is 4.75. The molecular formula is C14H16FN3. The van der Waals surface area contributed by atoms with Crippen molar-refractivity contribution in [1.29, 1.82) is 0 Å². The molecule has 0 aliphatic carbocycles. The molecule has 0 saturated carbocycles. The van der Waals surface area contributed by atoms with Crippen molar-refractivity contribution < 1.29 is 4.39 Å². The molecule has 0 amide bonds. The van der Waals surface area contributed by atoms with Gasteiger partial charge in [0.2, 0.25) is 0 Å². The Balaban J connectivity index is 1.80. The van der Waals surface area contributed by atoms with Gasteiger partial charge in [0.25, 0.3) is 0 Å². The summed E-state index contributed by atoms with van der Waals surface area (Å²) in [5.41, 5.74) is 1.64. The molecule has 3 nitrogen and oxygen atoms in total. The number of hydrogen-bond donors (Lipinski definition) is 1. The number of piperidine rings is 1. The van der Waals surface area contributed by atoms with Crippen LogP contribution in [0.1, 0.15) is 18.4 Å². The summed E-state index contributed by atoms with van der Waals surface area (Å²) in [7, 11) is 0. The smallest absolute Gasteiger partial charge is 0.157 e. The minimum atomic E-state index is -0.244. The molecule has 0 bridgehead atoms. The first-order valence-corrected chi connectivity index (χ1v) is 6.42. The van der Waals surface area contributed by atoms with Crippen LogP contribution in [0.5, 0.6) is 0 Å². The van der Waals surface area contributed by atoms with E-state index in [1.165, 1.54) is 6.07 Å². The third kappa shape index (κ3) is 2.20. The first-order chi connectivity index (χ1) is 8.84. The number of aliphatic imine (C=N–C) groups is 2. The number of amidine groups is 1. The van der Waals surface area contributed by atoms with Crippen molar-refractivity contribution in [2.75, 3.05) is 19.6 Å². The average molecular weight is 245 g/mol. The molecule has 1 saturated heterocycles. The Morgan fingerprint density at radius 2 is 1.94 bits per heavy atom. The Hall–Kier alpha value is -1.55. The Morgan fingerprint density at radius 1 is 1.17 bits per heavy atom. The largest absolute Gasteiger partial charge is 0.317 e. The van der Waals surface area contributed by atoms with Gasteiger partial charge in [0.1, 0.15) is 5.82 Å². The minimum absolute atomic E-state index is 0.244. The summed E-state index contributed by atoms with van der Waals surface area (Å²) < 4.78 is 13.7. The standard InChI is InChI=1S/C14H16FN3/c15-12-4-2-1-3-11(12)14-17-9-13(18-14)10-5-7-16-8-6-10/h1-4,10,16H,5-9H2. The summed E-state index contributed by atoms with van der Waals surface area (Å²) in [6, 6.07) is 6.70. The number of rotatable bonds is 2. The van der Waals surface area contributed by atoms with Crippen LogP contribution in [0.2, 0.25) is 0 Å². The summed E-state index contributed by atoms with van der Waals surface area (Å²) in [4.78, 5) is 8.92. The van der Waals surface area contributed by atoms with E-state index in [9.17, 15) is 4.39 Å². The quantitative estimate of drug-likeness (QED) is 0.850. The fourth-order valence-electron chi connectivity index (χ4n) is 2.53. The molecule has 94 valence electrons. The van der Waals surface area contributed by atoms with Gasteiger partial charge in [-0.15, -0.1) is 0 Å². The van der Waals surface area contributed by atoms with E-state index in [0.717, 1.165) is 31.6 Å². The zero-order valence-electron chi connectivity index (χ0n) is 10.2. The topological polar surface area (TPSA) is 36.8 Å². The van der Waals surface area contributed by atoms with E-state index in [0.29, 0.717) is 23.9 Å². The molecule has 0 radical (unpaired) electrons. The van der Waals surface area contributed by atoms with Gasteiger partial charge in [0.15, 0.2) is 5.84 Å². The zero-order chi connectivity index (χ0) is 12.4. The lowest BCUT2D eigenvalue weighted by molar-refractivity contribution is 0.455. The van der Waals surface area contributed by atoms with Gasteiger partial charge in [-0.1, -0.05) is 12.1 Å². The zero-order valence-corrected chi connectivity index (χ0v) is 10.2. The Kier molecular flexibility index (Phi) is 3.19. The number of halogens is 1. The molecule has 2 aliphatic heterocycles. The maximum atomic E-state index is 13.7. The molecule has 1 aromatic rings. The van der Waals surface area contributed by atoms with Gasteiger partial charge >= 0.3 is 0 Å². The molecular weight excluding hydrogens is 229 g/mol. The monoisotopic (exact) mass is 245 g/mol. The highest BCUT2D eigenvalue weighted by Gasteiger charge is 2.23. The summed E-state index contributed by atoms with van der Waals surface area (Å²) in [6.45, 7) is 2.71. The molecule has 1 fully saturated rings. The summed E-state index contributed by atoms with van der Waals surface area (Å²) in [5, 5.41) is 3.34. The normalized spacial score (nSPS) is 20.7. The van der Waals surface area contributed by atoms with Gasteiger partial charge in [-0.2, -0.15) is 0 Å². The average Bonchev–Trinajstić information content (AvgIpc) is 2.90. The minimum Gasteiger partial charge on any atom is -0.317 e. The SMILES string of the molecule is Fc1ccccc1C1=NCC(C2CCNCC2)=N1. The number of hydrogen-bond acceptors (Lipinski definition) is 3. The molecule has 2 aliphatic rings. The molecule has 0 unspecified atom stereocenters. The number of nitrogens with one attached hydrogen (secondary N) is 1. The van der Waals surface area contributed by atoms with Crippen molar-refractivity contribution in [3.8, 4) is 0 Å². The third-order valence-corrected chi connectivity index (χ3v) is 3.57. The van der Waals surface area contributed by atoms with E-state index in [2.05, 4.69) is 15.3 Å². The highest BCUT2D eigenvalue weighted by Crippen LogP contribution is 2.20. The van der Waals surface area contributed by atoms with Gasteiger partial charge in [0.05, 0.1) is 12.1 Å². The van der Waals surface area contributed by atoms with E-state index in [-0.39, 0.29) is 5.82 Å². The third-order valence-electron chi connectivity index (χ3n) is 3.57. The van der Waals surface area contributed by atoms with Gasteiger partial charge in [0, 0.05) is 11.6 Å². The molecule has 4 heteroatoms. The van der Waals surface area contributed by atoms with E-state index in [1.54, 1.807) is 12.1 Å². The van der Waals surface area contributed by atoms with Gasteiger partial charge < -0.3 is 5.32 Å². The van der Waals surface area contributed by atoms with E-state index in [1.807, 2.05) is 6.07 Å². The van der Waals surface area contributed by atoms with Crippen molar-refractivity contribution in [3.63, 3.8) is 0 Å². The van der Waals surface area contributed by atoms with Crippen LogP contribution in [0.4, 0.5) is 4.39 Å². The highest BCUT2D eigenvalue weighted by atomic mass is 19.1. The van der Waals surface area contributed by atoms with Crippen LogP contribution in [-0.2, 0) is 0 Å². The van der Waals surface area contributed by atoms with Crippen molar-refractivity contribution >= 4 is 11.5 Å².